The van der Waals surface area contributed by atoms with Gasteiger partial charge < -0.3 is 55.2 Å². The lowest BCUT2D eigenvalue weighted by Crippen LogP contribution is -2.40. The second kappa shape index (κ2) is 24.6. The van der Waals surface area contributed by atoms with Crippen molar-refractivity contribution in [1.29, 1.82) is 0 Å². The number of benzene rings is 2. The first-order chi connectivity index (χ1) is 34.6. The Morgan fingerprint density at radius 1 is 0.685 bits per heavy atom. The maximum absolute atomic E-state index is 13.1. The maximum Gasteiger partial charge on any atom is 0.339 e. The summed E-state index contributed by atoms with van der Waals surface area (Å²) in [5.41, 5.74) is 10.9. The number of rotatable bonds is 19. The Kier molecular flexibility index (Phi) is 19.0. The molecule has 8 aromatic rings. The van der Waals surface area contributed by atoms with E-state index in [1.165, 1.54) is 6.20 Å². The Labute approximate surface area is 433 Å². The number of hydrogen-bond donors (Lipinski definition) is 7. The highest BCUT2D eigenvalue weighted by Gasteiger charge is 2.24. The molecule has 0 atom stereocenters. The van der Waals surface area contributed by atoms with Crippen LogP contribution in [0.2, 0.25) is 61.4 Å². The number of aliphatic hydroxyl groups excluding tert-OH is 4. The molecule has 21 nitrogen and oxygen atoms in total. The molecule has 0 fully saturated rings. The Bertz CT molecular complexity index is 3190. The van der Waals surface area contributed by atoms with E-state index in [4.69, 9.17) is 53.6 Å². The molecule has 0 radical (unpaired) electrons. The summed E-state index contributed by atoms with van der Waals surface area (Å²) < 4.78 is 18.6. The number of aryl methyl sites for hydroxylation is 2. The molecule has 6 heterocycles. The van der Waals surface area contributed by atoms with Crippen LogP contribution >= 0.6 is 23.2 Å². The van der Waals surface area contributed by atoms with Crippen LogP contribution in [-0.2, 0) is 37.0 Å². The monoisotopic (exact) mass is 1080 g/mol. The lowest BCUT2D eigenvalue weighted by molar-refractivity contribution is 0.0695. The van der Waals surface area contributed by atoms with Gasteiger partial charge in [-0.25, -0.2) is 24.7 Å². The van der Waals surface area contributed by atoms with E-state index in [2.05, 4.69) is 69.7 Å². The van der Waals surface area contributed by atoms with Crippen LogP contribution in [0, 0.1) is 0 Å². The third-order valence-corrected chi connectivity index (χ3v) is 15.3. The summed E-state index contributed by atoms with van der Waals surface area (Å²) in [6.45, 7) is 14.3. The molecule has 0 unspecified atom stereocenters. The molecule has 0 spiro atoms. The maximum atomic E-state index is 13.1. The first kappa shape index (κ1) is 56.6. The van der Waals surface area contributed by atoms with Crippen molar-refractivity contribution in [2.75, 3.05) is 39.6 Å². The number of carboxylic acids is 1. The number of carbonyl (C=O) groups is 2. The van der Waals surface area contributed by atoms with Gasteiger partial charge in [0.15, 0.2) is 11.3 Å². The van der Waals surface area contributed by atoms with Gasteiger partial charge in [-0.05, 0) is 48.5 Å². The van der Waals surface area contributed by atoms with Gasteiger partial charge in [-0.2, -0.15) is 10.2 Å². The number of aromatic carboxylic acids is 1. The molecular formula is C48H64Cl2N12O9Si2. The number of nitrogens with zero attached hydrogens (tertiary/aromatic N) is 10. The molecule has 6 aromatic heterocycles. The normalized spacial score (nSPS) is 12.0. The van der Waals surface area contributed by atoms with Gasteiger partial charge in [-0.1, -0.05) is 62.5 Å². The fraction of sp³-hybridized carbons (Fsp3) is 0.417. The highest BCUT2D eigenvalue weighted by Crippen LogP contribution is 2.32. The van der Waals surface area contributed by atoms with Crippen LogP contribution in [0.5, 0.6) is 0 Å². The zero-order valence-corrected chi connectivity index (χ0v) is 45.7. The molecule has 8 N–H and O–H groups in total. The summed E-state index contributed by atoms with van der Waals surface area (Å²) in [6.07, 6.45) is 6.41. The molecule has 0 saturated carbocycles. The molecule has 0 bridgehead atoms. The third kappa shape index (κ3) is 14.3. The van der Waals surface area contributed by atoms with Gasteiger partial charge in [-0.3, -0.25) is 14.2 Å². The quantitative estimate of drug-likeness (QED) is 0.0362. The number of fused-ring (bicyclic) bond motifs is 4. The predicted molar refractivity (Wildman–Crippen MR) is 287 cm³/mol. The molecule has 0 aliphatic heterocycles. The van der Waals surface area contributed by atoms with E-state index in [9.17, 15) is 24.9 Å². The molecule has 1 amide bonds. The molecule has 392 valence electrons. The molecule has 2 aromatic carbocycles. The summed E-state index contributed by atoms with van der Waals surface area (Å²) in [7, 11) is 1.20. The van der Waals surface area contributed by atoms with Gasteiger partial charge >= 0.3 is 5.97 Å². The number of carbonyl (C=O) groups excluding carboxylic acids is 1. The van der Waals surface area contributed by atoms with Crippen molar-refractivity contribution >= 4 is 95.4 Å². The zero-order valence-electron chi connectivity index (χ0n) is 42.2. The number of hydrogen-bond acceptors (Lipinski definition) is 15. The lowest BCUT2D eigenvalue weighted by Gasteiger charge is -2.15. The smallest absolute Gasteiger partial charge is 0.339 e. The summed E-state index contributed by atoms with van der Waals surface area (Å²) in [6, 6.07) is 11.8. The van der Waals surface area contributed by atoms with Gasteiger partial charge in [0, 0.05) is 76.7 Å². The predicted octanol–water partition coefficient (Wildman–Crippen LogP) is 5.98. The van der Waals surface area contributed by atoms with E-state index in [0.717, 1.165) is 33.9 Å². The zero-order chi connectivity index (χ0) is 53.4. The number of halogens is 2. The molecule has 73 heavy (non-hydrogen) atoms. The molecule has 0 aliphatic carbocycles. The minimum Gasteiger partial charge on any atom is -0.478 e. The fourth-order valence-electron chi connectivity index (χ4n) is 7.24. The topological polar surface area (TPSA) is 289 Å². The summed E-state index contributed by atoms with van der Waals surface area (Å²) in [5, 5.41) is 59.4. The minimum absolute atomic E-state index is 0.0847. The van der Waals surface area contributed by atoms with Crippen molar-refractivity contribution in [2.45, 2.75) is 76.9 Å². The number of carboxylic acid groups (broad SMARTS) is 1. The highest BCUT2D eigenvalue weighted by atomic mass is 35.5. The first-order valence-corrected chi connectivity index (χ1v) is 31.6. The van der Waals surface area contributed by atoms with Crippen LogP contribution in [0.3, 0.4) is 0 Å². The van der Waals surface area contributed by atoms with Crippen molar-refractivity contribution in [3.63, 3.8) is 0 Å². The second-order valence-corrected chi connectivity index (χ2v) is 31.9. The van der Waals surface area contributed by atoms with Crippen LogP contribution in [0.1, 0.15) is 20.7 Å². The van der Waals surface area contributed by atoms with E-state index in [-0.39, 0.29) is 51.0 Å². The average Bonchev–Trinajstić information content (AvgIpc) is 4.10. The molecule has 25 heteroatoms. The standard InChI is InChI=1S/C24H31ClN6O4Si.C21H24ClN5O3Si.C3H9NO2/c1-30-20-9-15(25)5-6-17(20)21(29-30)19-10-26-23-22(28-19)18(24(34)27-16(12-32)13-33)11-31(23)14-35-7-8-36(2,3)4;1-26-17-9-13(22)5-6-14(17)18(25-26)16-10-23-20-19(24-16)15(21(28)29)11-27(20)12-30-7-8-31(2,3)4;4-3(1-5)2-6/h5-6,9-11,16,32-33H,7-8,12-14H2,1-4H3,(H,27,34);5-6,9-11H,7-8,12H2,1-4H3,(H,28,29);3,5-6H,1-2,4H2. The van der Waals surface area contributed by atoms with Crippen LogP contribution in [-0.4, -0.2) is 154 Å². The number of nitrogens with one attached hydrogen (secondary N) is 1. The first-order valence-electron chi connectivity index (χ1n) is 23.4. The Hall–Kier alpha value is -5.71. The Morgan fingerprint density at radius 2 is 1.11 bits per heavy atom. The molecule has 0 aliphatic rings. The number of nitrogens with two attached hydrogens (primary N) is 1. The van der Waals surface area contributed by atoms with Crippen molar-refractivity contribution in [1.82, 2.24) is 53.9 Å². The van der Waals surface area contributed by atoms with Crippen molar-refractivity contribution in [3.05, 3.63) is 82.4 Å². The van der Waals surface area contributed by atoms with Crippen molar-refractivity contribution < 1.29 is 44.6 Å². The largest absolute Gasteiger partial charge is 0.478 e. The van der Waals surface area contributed by atoms with Gasteiger partial charge in [0.1, 0.15) is 52.8 Å². The summed E-state index contributed by atoms with van der Waals surface area (Å²) >= 11 is 12.3. The molecule has 8 rings (SSSR count). The molecule has 0 saturated heterocycles. The van der Waals surface area contributed by atoms with Gasteiger partial charge in [0.2, 0.25) is 0 Å². The number of ether oxygens (including phenoxy) is 2. The third-order valence-electron chi connectivity index (χ3n) is 11.4. The van der Waals surface area contributed by atoms with E-state index in [0.29, 0.717) is 68.4 Å². The van der Waals surface area contributed by atoms with Crippen LogP contribution in [0.15, 0.2) is 61.2 Å². The van der Waals surface area contributed by atoms with Gasteiger partial charge in [-0.15, -0.1) is 0 Å². The van der Waals surface area contributed by atoms with E-state index in [1.54, 1.807) is 49.2 Å². The Balaban J connectivity index is 0.000000216. The second-order valence-electron chi connectivity index (χ2n) is 19.8. The number of aromatic nitrogens is 10. The van der Waals surface area contributed by atoms with Crippen LogP contribution in [0.25, 0.3) is 66.9 Å². The van der Waals surface area contributed by atoms with E-state index >= 15 is 0 Å². The summed E-state index contributed by atoms with van der Waals surface area (Å²) in [4.78, 5) is 43.4. The summed E-state index contributed by atoms with van der Waals surface area (Å²) in [5.74, 6) is -1.53. The number of amides is 1. The van der Waals surface area contributed by atoms with Gasteiger partial charge in [0.05, 0.1) is 67.5 Å². The highest BCUT2D eigenvalue weighted by molar-refractivity contribution is 6.76. The van der Waals surface area contributed by atoms with Crippen LogP contribution in [0.4, 0.5) is 0 Å². The van der Waals surface area contributed by atoms with E-state index < -0.39 is 40.1 Å². The minimum atomic E-state index is -1.25. The van der Waals surface area contributed by atoms with E-state index in [1.807, 2.05) is 38.4 Å². The average molecular weight is 1080 g/mol. The lowest BCUT2D eigenvalue weighted by atomic mass is 10.1. The van der Waals surface area contributed by atoms with Gasteiger partial charge in [0.25, 0.3) is 5.91 Å². The molecular weight excluding hydrogens is 1020 g/mol. The van der Waals surface area contributed by atoms with Crippen molar-refractivity contribution in [3.8, 4) is 22.8 Å². The van der Waals surface area contributed by atoms with Crippen molar-refractivity contribution in [2.24, 2.45) is 19.8 Å². The Morgan fingerprint density at radius 3 is 1.49 bits per heavy atom. The SMILES string of the molecule is Cn1nc(-c2cnc3c(n2)c(C(=O)NC(CO)CO)cn3COCC[Si](C)(C)C)c2ccc(Cl)cc21.Cn1nc(-c2cnc3c(n2)c(C(=O)O)cn3COCC[Si](C)(C)C)c2ccc(Cl)cc21.NC(CO)CO. The fourth-order valence-corrected chi connectivity index (χ4v) is 9.09. The van der Waals surface area contributed by atoms with Crippen LogP contribution < -0.4 is 11.1 Å². The number of aliphatic hydroxyl groups is 4.